The molecule has 7 heteroatoms. The lowest BCUT2D eigenvalue weighted by Crippen LogP contribution is -1.95. The first kappa shape index (κ1) is 10.3. The van der Waals surface area contributed by atoms with Crippen molar-refractivity contribution in [2.75, 3.05) is 24.7 Å². The van der Waals surface area contributed by atoms with Crippen LogP contribution >= 0.6 is 11.3 Å². The van der Waals surface area contributed by atoms with E-state index in [4.69, 9.17) is 0 Å². The molecule has 0 radical (unpaired) electrons. The van der Waals surface area contributed by atoms with Gasteiger partial charge in [0.05, 0.1) is 11.8 Å². The van der Waals surface area contributed by atoms with Crippen molar-refractivity contribution >= 4 is 43.7 Å². The third-order valence-electron chi connectivity index (χ3n) is 2.65. The quantitative estimate of drug-likeness (QED) is 0.722. The Labute approximate surface area is 102 Å². The van der Waals surface area contributed by atoms with Crippen LogP contribution in [0.1, 0.15) is 0 Å². The molecule has 0 atom stereocenters. The van der Waals surface area contributed by atoms with Gasteiger partial charge in [-0.1, -0.05) is 11.3 Å². The second kappa shape index (κ2) is 3.56. The highest BCUT2D eigenvalue weighted by atomic mass is 32.1. The standard InChI is InChI=1S/C10H12N6S/c1-11-8-5-6(16(3)4-13-5)7-9(14-8)15-10(12-2)17-7/h4H,1-3H3,(H2,11,12,14,15). The number of imidazole rings is 1. The first-order valence-electron chi connectivity index (χ1n) is 5.21. The van der Waals surface area contributed by atoms with E-state index in [0.29, 0.717) is 0 Å². The summed E-state index contributed by atoms with van der Waals surface area (Å²) in [5.41, 5.74) is 2.70. The zero-order valence-corrected chi connectivity index (χ0v) is 10.6. The van der Waals surface area contributed by atoms with Crippen molar-refractivity contribution in [2.45, 2.75) is 0 Å². The van der Waals surface area contributed by atoms with Crippen molar-refractivity contribution < 1.29 is 0 Å². The molecule has 0 unspecified atom stereocenters. The highest BCUT2D eigenvalue weighted by Gasteiger charge is 2.15. The maximum absolute atomic E-state index is 4.48. The zero-order chi connectivity index (χ0) is 12.0. The molecule has 0 amide bonds. The van der Waals surface area contributed by atoms with E-state index in [-0.39, 0.29) is 0 Å². The van der Waals surface area contributed by atoms with Crippen molar-refractivity contribution in [1.82, 2.24) is 19.5 Å². The monoisotopic (exact) mass is 248 g/mol. The van der Waals surface area contributed by atoms with Crippen LogP contribution in [0.3, 0.4) is 0 Å². The molecule has 88 valence electrons. The largest absolute Gasteiger partial charge is 0.371 e. The predicted molar refractivity (Wildman–Crippen MR) is 70.8 cm³/mol. The Morgan fingerprint density at radius 1 is 1.24 bits per heavy atom. The maximum Gasteiger partial charge on any atom is 0.185 e. The van der Waals surface area contributed by atoms with Gasteiger partial charge in [0.1, 0.15) is 10.2 Å². The molecule has 0 aliphatic rings. The fourth-order valence-corrected chi connectivity index (χ4v) is 2.80. The van der Waals surface area contributed by atoms with Gasteiger partial charge < -0.3 is 15.2 Å². The fourth-order valence-electron chi connectivity index (χ4n) is 1.85. The summed E-state index contributed by atoms with van der Waals surface area (Å²) in [6, 6.07) is 0. The minimum Gasteiger partial charge on any atom is -0.371 e. The highest BCUT2D eigenvalue weighted by molar-refractivity contribution is 7.23. The summed E-state index contributed by atoms with van der Waals surface area (Å²) in [6.07, 6.45) is 1.80. The molecular formula is C10H12N6S. The maximum atomic E-state index is 4.48. The Kier molecular flexibility index (Phi) is 2.15. The second-order valence-electron chi connectivity index (χ2n) is 3.68. The average Bonchev–Trinajstić information content (AvgIpc) is 2.91. The lowest BCUT2D eigenvalue weighted by atomic mass is 10.3. The summed E-state index contributed by atoms with van der Waals surface area (Å²) in [5, 5.41) is 6.97. The number of aromatic nitrogens is 4. The molecule has 0 aromatic carbocycles. The van der Waals surface area contributed by atoms with Crippen molar-refractivity contribution in [3.05, 3.63) is 6.33 Å². The van der Waals surface area contributed by atoms with Crippen molar-refractivity contribution in [1.29, 1.82) is 0 Å². The topological polar surface area (TPSA) is 67.7 Å². The van der Waals surface area contributed by atoms with Gasteiger partial charge in [-0.3, -0.25) is 0 Å². The number of anilines is 2. The van der Waals surface area contributed by atoms with Gasteiger partial charge in [0, 0.05) is 21.1 Å². The van der Waals surface area contributed by atoms with E-state index in [0.717, 1.165) is 32.3 Å². The van der Waals surface area contributed by atoms with Crippen LogP contribution in [0.15, 0.2) is 6.33 Å². The molecule has 3 aromatic rings. The molecule has 6 nitrogen and oxygen atoms in total. The van der Waals surface area contributed by atoms with Crippen LogP contribution in [0.25, 0.3) is 21.4 Å². The Hall–Kier alpha value is -1.89. The molecule has 3 heterocycles. The van der Waals surface area contributed by atoms with Crippen LogP contribution in [0.4, 0.5) is 10.9 Å². The van der Waals surface area contributed by atoms with Crippen LogP contribution in [-0.2, 0) is 7.05 Å². The van der Waals surface area contributed by atoms with E-state index in [1.54, 1.807) is 17.7 Å². The Bertz CT molecular complexity index is 698. The molecule has 0 aliphatic heterocycles. The molecule has 3 aromatic heterocycles. The van der Waals surface area contributed by atoms with Crippen LogP contribution in [0.2, 0.25) is 0 Å². The number of nitrogens with one attached hydrogen (secondary N) is 2. The van der Waals surface area contributed by atoms with Crippen LogP contribution in [0, 0.1) is 0 Å². The van der Waals surface area contributed by atoms with E-state index in [9.17, 15) is 0 Å². The van der Waals surface area contributed by atoms with E-state index < -0.39 is 0 Å². The number of fused-ring (bicyclic) bond motifs is 3. The van der Waals surface area contributed by atoms with Gasteiger partial charge in [0.25, 0.3) is 0 Å². The number of aryl methyl sites for hydroxylation is 1. The van der Waals surface area contributed by atoms with E-state index in [1.165, 1.54) is 0 Å². The summed E-state index contributed by atoms with van der Waals surface area (Å²) in [6.45, 7) is 0. The Balaban J connectivity index is 2.50. The Morgan fingerprint density at radius 3 is 2.76 bits per heavy atom. The summed E-state index contributed by atoms with van der Waals surface area (Å²) in [7, 11) is 5.68. The zero-order valence-electron chi connectivity index (χ0n) is 9.77. The molecular weight excluding hydrogens is 236 g/mol. The molecule has 0 fully saturated rings. The second-order valence-corrected chi connectivity index (χ2v) is 4.68. The molecule has 17 heavy (non-hydrogen) atoms. The van der Waals surface area contributed by atoms with Gasteiger partial charge in [0.15, 0.2) is 16.6 Å². The molecule has 0 aliphatic carbocycles. The van der Waals surface area contributed by atoms with Crippen molar-refractivity contribution in [3.63, 3.8) is 0 Å². The first-order valence-corrected chi connectivity index (χ1v) is 6.03. The van der Waals surface area contributed by atoms with Crippen molar-refractivity contribution in [2.24, 2.45) is 7.05 Å². The lowest BCUT2D eigenvalue weighted by Gasteiger charge is -2.01. The Morgan fingerprint density at radius 2 is 2.06 bits per heavy atom. The van der Waals surface area contributed by atoms with Crippen molar-refractivity contribution in [3.8, 4) is 0 Å². The predicted octanol–water partition coefficient (Wildman–Crippen LogP) is 1.66. The van der Waals surface area contributed by atoms with Crippen LogP contribution in [-0.4, -0.2) is 33.6 Å². The van der Waals surface area contributed by atoms with Crippen LogP contribution < -0.4 is 10.6 Å². The molecule has 0 spiro atoms. The van der Waals surface area contributed by atoms with Gasteiger partial charge in [0.2, 0.25) is 0 Å². The molecule has 0 saturated heterocycles. The molecule has 3 rings (SSSR count). The van der Waals surface area contributed by atoms with Gasteiger partial charge in [-0.2, -0.15) is 4.98 Å². The van der Waals surface area contributed by atoms with Gasteiger partial charge in [-0.05, 0) is 0 Å². The summed E-state index contributed by atoms with van der Waals surface area (Å²) >= 11 is 1.59. The third-order valence-corrected chi connectivity index (χ3v) is 3.72. The van der Waals surface area contributed by atoms with Gasteiger partial charge in [-0.25, -0.2) is 9.97 Å². The smallest absolute Gasteiger partial charge is 0.185 e. The third kappa shape index (κ3) is 1.35. The SMILES string of the molecule is CNc1nc2nc(NC)c3ncn(C)c3c2s1. The number of hydrogen-bond donors (Lipinski definition) is 2. The molecule has 2 N–H and O–H groups in total. The minimum atomic E-state index is 0.750. The van der Waals surface area contributed by atoms with Gasteiger partial charge in [-0.15, -0.1) is 0 Å². The number of rotatable bonds is 2. The van der Waals surface area contributed by atoms with Crippen LogP contribution in [0.5, 0.6) is 0 Å². The number of hydrogen-bond acceptors (Lipinski definition) is 6. The van der Waals surface area contributed by atoms with E-state index >= 15 is 0 Å². The molecule has 0 bridgehead atoms. The number of thiazole rings is 1. The number of pyridine rings is 1. The summed E-state index contributed by atoms with van der Waals surface area (Å²) in [4.78, 5) is 13.3. The summed E-state index contributed by atoms with van der Waals surface area (Å²) < 4.78 is 3.06. The lowest BCUT2D eigenvalue weighted by molar-refractivity contribution is 0.951. The normalized spacial score (nSPS) is 11.2. The van der Waals surface area contributed by atoms with E-state index in [1.807, 2.05) is 25.7 Å². The van der Waals surface area contributed by atoms with E-state index in [2.05, 4.69) is 25.6 Å². The fraction of sp³-hybridized carbons (Fsp3) is 0.300. The molecule has 0 saturated carbocycles. The highest BCUT2D eigenvalue weighted by Crippen LogP contribution is 2.33. The average molecular weight is 248 g/mol. The number of nitrogens with zero attached hydrogens (tertiary/aromatic N) is 4. The minimum absolute atomic E-state index is 0.750. The summed E-state index contributed by atoms with van der Waals surface area (Å²) in [5.74, 6) is 0.765. The first-order chi connectivity index (χ1) is 8.24. The van der Waals surface area contributed by atoms with Gasteiger partial charge >= 0.3 is 0 Å².